The van der Waals surface area contributed by atoms with Gasteiger partial charge in [0.15, 0.2) is 0 Å². The van der Waals surface area contributed by atoms with Gasteiger partial charge in [-0.3, -0.25) is 0 Å². The molecule has 1 aromatic rings. The van der Waals surface area contributed by atoms with Gasteiger partial charge in [-0.1, -0.05) is 96.8 Å². The average molecular weight is 363 g/mol. The number of unbranched alkanes of at least 4 members (excludes halogenated alkanes) is 14. The first kappa shape index (κ1) is 22.9. The van der Waals surface area contributed by atoms with Gasteiger partial charge in [0.25, 0.3) is 0 Å². The average Bonchev–Trinajstić information content (AvgIpc) is 2.62. The first-order valence-electron chi connectivity index (χ1n) is 11.2. The fourth-order valence-corrected chi connectivity index (χ4v) is 3.63. The molecular weight excluding hydrogens is 320 g/mol. The first-order valence-corrected chi connectivity index (χ1v) is 11.2. The molecule has 0 unspecified atom stereocenters. The van der Waals surface area contributed by atoms with Crippen LogP contribution in [0.3, 0.4) is 0 Å². The number of hydrogen-bond donors (Lipinski definition) is 2. The van der Waals surface area contributed by atoms with Crippen molar-refractivity contribution in [3.8, 4) is 11.5 Å². The SMILES string of the molecule is CCCCCCCCCCCCCCCCCc1cc(C)c(O)cc1O. The number of hydrogen-bond acceptors (Lipinski definition) is 2. The van der Waals surface area contributed by atoms with E-state index < -0.39 is 0 Å². The van der Waals surface area contributed by atoms with Crippen LogP contribution in [0, 0.1) is 6.92 Å². The summed E-state index contributed by atoms with van der Waals surface area (Å²) in [6, 6.07) is 3.38. The highest BCUT2D eigenvalue weighted by molar-refractivity contribution is 5.44. The minimum Gasteiger partial charge on any atom is -0.508 e. The predicted molar refractivity (Wildman–Crippen MR) is 113 cm³/mol. The highest BCUT2D eigenvalue weighted by atomic mass is 16.3. The van der Waals surface area contributed by atoms with Crippen molar-refractivity contribution >= 4 is 0 Å². The summed E-state index contributed by atoms with van der Waals surface area (Å²) in [5, 5.41) is 19.4. The lowest BCUT2D eigenvalue weighted by atomic mass is 10.0. The number of phenolic OH excluding ortho intramolecular Hbond substituents is 2. The third-order valence-electron chi connectivity index (χ3n) is 5.45. The van der Waals surface area contributed by atoms with Crippen LogP contribution in [0.25, 0.3) is 0 Å². The summed E-state index contributed by atoms with van der Waals surface area (Å²) >= 11 is 0. The van der Waals surface area contributed by atoms with Crippen LogP contribution < -0.4 is 0 Å². The Morgan fingerprint density at radius 3 is 1.46 bits per heavy atom. The molecule has 0 radical (unpaired) electrons. The molecule has 0 spiro atoms. The van der Waals surface area contributed by atoms with E-state index in [1.54, 1.807) is 0 Å². The lowest BCUT2D eigenvalue weighted by Crippen LogP contribution is -1.89. The van der Waals surface area contributed by atoms with Crippen LogP contribution in [0.1, 0.15) is 114 Å². The molecule has 0 bridgehead atoms. The normalized spacial score (nSPS) is 11.2. The van der Waals surface area contributed by atoms with Gasteiger partial charge in [-0.05, 0) is 37.0 Å². The molecule has 0 amide bonds. The highest BCUT2D eigenvalue weighted by Gasteiger charge is 2.05. The third kappa shape index (κ3) is 10.7. The van der Waals surface area contributed by atoms with Crippen molar-refractivity contribution in [1.29, 1.82) is 0 Å². The largest absolute Gasteiger partial charge is 0.508 e. The van der Waals surface area contributed by atoms with E-state index in [4.69, 9.17) is 0 Å². The molecule has 2 heteroatoms. The van der Waals surface area contributed by atoms with Gasteiger partial charge in [-0.2, -0.15) is 0 Å². The summed E-state index contributed by atoms with van der Waals surface area (Å²) in [5.74, 6) is 0.418. The van der Waals surface area contributed by atoms with Gasteiger partial charge in [0, 0.05) is 6.07 Å². The smallest absolute Gasteiger partial charge is 0.122 e. The Bertz CT molecular complexity index is 468. The van der Waals surface area contributed by atoms with Crippen LogP contribution in [0.4, 0.5) is 0 Å². The summed E-state index contributed by atoms with van der Waals surface area (Å²) in [6.45, 7) is 4.16. The molecule has 26 heavy (non-hydrogen) atoms. The van der Waals surface area contributed by atoms with Gasteiger partial charge in [-0.25, -0.2) is 0 Å². The van der Waals surface area contributed by atoms with E-state index in [1.165, 1.54) is 96.0 Å². The molecule has 0 fully saturated rings. The second kappa shape index (κ2) is 14.9. The second-order valence-electron chi connectivity index (χ2n) is 7.97. The molecule has 1 rings (SSSR count). The second-order valence-corrected chi connectivity index (χ2v) is 7.97. The maximum atomic E-state index is 9.87. The van der Waals surface area contributed by atoms with Crippen LogP contribution in [0.2, 0.25) is 0 Å². The number of aromatic hydroxyl groups is 2. The van der Waals surface area contributed by atoms with E-state index in [0.717, 1.165) is 24.0 Å². The zero-order valence-electron chi connectivity index (χ0n) is 17.4. The summed E-state index contributed by atoms with van der Waals surface area (Å²) in [7, 11) is 0. The fourth-order valence-electron chi connectivity index (χ4n) is 3.63. The van der Waals surface area contributed by atoms with E-state index in [-0.39, 0.29) is 11.5 Å². The Hall–Kier alpha value is -1.18. The molecule has 150 valence electrons. The minimum atomic E-state index is 0.183. The van der Waals surface area contributed by atoms with Gasteiger partial charge < -0.3 is 10.2 Å². The predicted octanol–water partition coefficient (Wildman–Crippen LogP) is 7.82. The summed E-state index contributed by atoms with van der Waals surface area (Å²) in [6.07, 6.45) is 21.5. The van der Waals surface area contributed by atoms with E-state index >= 15 is 0 Å². The van der Waals surface area contributed by atoms with Gasteiger partial charge >= 0.3 is 0 Å². The lowest BCUT2D eigenvalue weighted by molar-refractivity contribution is 0.442. The Morgan fingerprint density at radius 1 is 0.577 bits per heavy atom. The maximum Gasteiger partial charge on any atom is 0.122 e. The zero-order valence-corrected chi connectivity index (χ0v) is 17.4. The maximum absolute atomic E-state index is 9.87. The van der Waals surface area contributed by atoms with Crippen molar-refractivity contribution in [1.82, 2.24) is 0 Å². The van der Waals surface area contributed by atoms with E-state index in [0.29, 0.717) is 0 Å². The molecule has 0 saturated heterocycles. The molecule has 0 aromatic heterocycles. The quantitative estimate of drug-likeness (QED) is 0.294. The number of phenols is 2. The van der Waals surface area contributed by atoms with Gasteiger partial charge in [0.05, 0.1) is 0 Å². The molecule has 0 saturated carbocycles. The lowest BCUT2D eigenvalue weighted by Gasteiger charge is -2.08. The van der Waals surface area contributed by atoms with Crippen molar-refractivity contribution in [3.63, 3.8) is 0 Å². The number of benzene rings is 1. The monoisotopic (exact) mass is 362 g/mol. The summed E-state index contributed by atoms with van der Waals surface area (Å²) < 4.78 is 0. The van der Waals surface area contributed by atoms with Crippen molar-refractivity contribution in [3.05, 3.63) is 23.3 Å². The zero-order chi connectivity index (χ0) is 19.0. The summed E-state index contributed by atoms with van der Waals surface area (Å²) in [4.78, 5) is 0. The van der Waals surface area contributed by atoms with Crippen molar-refractivity contribution in [2.45, 2.75) is 117 Å². The van der Waals surface area contributed by atoms with Crippen LogP contribution in [0.5, 0.6) is 11.5 Å². The number of aryl methyl sites for hydroxylation is 2. The Balaban J connectivity index is 1.87. The molecule has 0 aliphatic rings. The van der Waals surface area contributed by atoms with E-state index in [9.17, 15) is 10.2 Å². The minimum absolute atomic E-state index is 0.183. The van der Waals surface area contributed by atoms with Gasteiger partial charge in [0.1, 0.15) is 11.5 Å². The van der Waals surface area contributed by atoms with Crippen LogP contribution in [-0.2, 0) is 6.42 Å². The first-order chi connectivity index (χ1) is 12.6. The molecule has 0 aliphatic carbocycles. The van der Waals surface area contributed by atoms with Gasteiger partial charge in [-0.15, -0.1) is 0 Å². The third-order valence-corrected chi connectivity index (χ3v) is 5.45. The Kier molecular flexibility index (Phi) is 13.1. The highest BCUT2D eigenvalue weighted by Crippen LogP contribution is 2.28. The Labute approximate surface area is 162 Å². The molecule has 0 heterocycles. The van der Waals surface area contributed by atoms with Crippen molar-refractivity contribution in [2.75, 3.05) is 0 Å². The summed E-state index contributed by atoms with van der Waals surface area (Å²) in [5.41, 5.74) is 1.81. The molecule has 2 nitrogen and oxygen atoms in total. The number of rotatable bonds is 16. The van der Waals surface area contributed by atoms with E-state index in [2.05, 4.69) is 6.92 Å². The van der Waals surface area contributed by atoms with Crippen LogP contribution in [0.15, 0.2) is 12.1 Å². The topological polar surface area (TPSA) is 40.5 Å². The van der Waals surface area contributed by atoms with Crippen LogP contribution >= 0.6 is 0 Å². The van der Waals surface area contributed by atoms with Crippen molar-refractivity contribution < 1.29 is 10.2 Å². The standard InChI is InChI=1S/C24H42O2/c1-3-4-5-6-7-8-9-10-11-12-13-14-15-16-17-18-22-19-21(2)23(25)20-24(22)26/h19-20,25-26H,3-18H2,1-2H3. The van der Waals surface area contributed by atoms with Crippen LogP contribution in [-0.4, -0.2) is 10.2 Å². The van der Waals surface area contributed by atoms with E-state index in [1.807, 2.05) is 13.0 Å². The molecular formula is C24H42O2. The van der Waals surface area contributed by atoms with Crippen molar-refractivity contribution in [2.24, 2.45) is 0 Å². The molecule has 0 atom stereocenters. The fraction of sp³-hybridized carbons (Fsp3) is 0.750. The Morgan fingerprint density at radius 2 is 1.00 bits per heavy atom. The molecule has 2 N–H and O–H groups in total. The molecule has 0 aliphatic heterocycles. The molecule has 1 aromatic carbocycles. The van der Waals surface area contributed by atoms with Gasteiger partial charge in [0.2, 0.25) is 0 Å².